The van der Waals surface area contributed by atoms with E-state index in [1.165, 1.54) is 0 Å². The molecule has 3 heteroatoms. The molecule has 1 saturated heterocycles. The maximum Gasteiger partial charge on any atom is 0.0739 e. The lowest BCUT2D eigenvalue weighted by atomic mass is 10.4. The van der Waals surface area contributed by atoms with E-state index in [9.17, 15) is 0 Å². The number of piperazine rings is 1. The molecule has 0 aromatic heterocycles. The van der Waals surface area contributed by atoms with Gasteiger partial charge >= 0.3 is 0 Å². The molecule has 54 valence electrons. The molecule has 0 unspecified atom stereocenters. The quantitative estimate of drug-likeness (QED) is 0.393. The molecule has 9 heavy (non-hydrogen) atoms. The molecule has 0 radical (unpaired) electrons. The van der Waals surface area contributed by atoms with Gasteiger partial charge in [-0.3, -0.25) is 4.90 Å². The average Bonchev–Trinajstić information content (AvgIpc) is 1.90. The number of rotatable bonds is 1. The van der Waals surface area contributed by atoms with Gasteiger partial charge in [0.05, 0.1) is 6.00 Å². The Morgan fingerprint density at radius 3 is 2.22 bits per heavy atom. The van der Waals surface area contributed by atoms with Crippen LogP contribution in [0.3, 0.4) is 0 Å². The topological polar surface area (TPSA) is 6.48 Å². The average molecular weight is 149 g/mol. The monoisotopic (exact) mass is 148 g/mol. The van der Waals surface area contributed by atoms with Crippen LogP contribution in [-0.4, -0.2) is 49.0 Å². The first-order chi connectivity index (χ1) is 4.33. The van der Waals surface area contributed by atoms with Crippen molar-refractivity contribution in [3.05, 3.63) is 0 Å². The van der Waals surface area contributed by atoms with Gasteiger partial charge in [0.2, 0.25) is 0 Å². The Morgan fingerprint density at radius 1 is 1.22 bits per heavy atom. The SMILES string of the molecule is CN1CCN(CCl)CC1. The second kappa shape index (κ2) is 3.40. The summed E-state index contributed by atoms with van der Waals surface area (Å²) in [7, 11) is 2.14. The van der Waals surface area contributed by atoms with E-state index in [1.54, 1.807) is 0 Å². The van der Waals surface area contributed by atoms with Crippen LogP contribution < -0.4 is 0 Å². The molecule has 1 fully saturated rings. The largest absolute Gasteiger partial charge is 0.304 e. The van der Waals surface area contributed by atoms with E-state index in [-0.39, 0.29) is 0 Å². The van der Waals surface area contributed by atoms with Crippen LogP contribution in [0.15, 0.2) is 0 Å². The summed E-state index contributed by atoms with van der Waals surface area (Å²) in [5.74, 6) is 0. The highest BCUT2D eigenvalue weighted by atomic mass is 35.5. The van der Waals surface area contributed by atoms with Crippen molar-refractivity contribution in [3.8, 4) is 0 Å². The fourth-order valence-electron chi connectivity index (χ4n) is 0.967. The van der Waals surface area contributed by atoms with E-state index in [4.69, 9.17) is 11.6 Å². The Kier molecular flexibility index (Phi) is 2.76. The van der Waals surface area contributed by atoms with Crippen LogP contribution >= 0.6 is 11.6 Å². The normalized spacial score (nSPS) is 24.7. The summed E-state index contributed by atoms with van der Waals surface area (Å²) in [6.07, 6.45) is 0. The lowest BCUT2D eigenvalue weighted by molar-refractivity contribution is 0.173. The van der Waals surface area contributed by atoms with Crippen molar-refractivity contribution in [2.24, 2.45) is 0 Å². The molecule has 0 bridgehead atoms. The van der Waals surface area contributed by atoms with Crippen molar-refractivity contribution in [1.29, 1.82) is 0 Å². The third-order valence-electron chi connectivity index (χ3n) is 1.76. The predicted molar refractivity (Wildman–Crippen MR) is 39.8 cm³/mol. The Morgan fingerprint density at radius 2 is 1.78 bits per heavy atom. The minimum Gasteiger partial charge on any atom is -0.304 e. The maximum absolute atomic E-state index is 5.64. The minimum absolute atomic E-state index is 0.688. The second-order valence-electron chi connectivity index (χ2n) is 2.54. The summed E-state index contributed by atoms with van der Waals surface area (Å²) < 4.78 is 0. The Bertz CT molecular complexity index is 79.1. The predicted octanol–water partition coefficient (Wildman–Crippen LogP) is 0.430. The molecular formula is C6H13ClN2. The molecule has 0 amide bonds. The number of likely N-dealkylation sites (N-methyl/N-ethyl adjacent to an activating group) is 1. The summed E-state index contributed by atoms with van der Waals surface area (Å²) in [6.45, 7) is 4.57. The van der Waals surface area contributed by atoms with Crippen LogP contribution in [0.4, 0.5) is 0 Å². The zero-order valence-electron chi connectivity index (χ0n) is 5.81. The van der Waals surface area contributed by atoms with Gasteiger partial charge in [-0.05, 0) is 7.05 Å². The van der Waals surface area contributed by atoms with Crippen molar-refractivity contribution < 1.29 is 0 Å². The molecule has 2 nitrogen and oxygen atoms in total. The Labute approximate surface area is 61.4 Å². The molecule has 0 aliphatic carbocycles. The smallest absolute Gasteiger partial charge is 0.0739 e. The van der Waals surface area contributed by atoms with Crippen LogP contribution in [0.1, 0.15) is 0 Å². The van der Waals surface area contributed by atoms with Gasteiger partial charge < -0.3 is 4.90 Å². The lowest BCUT2D eigenvalue weighted by Gasteiger charge is -2.30. The summed E-state index contributed by atoms with van der Waals surface area (Å²) in [6, 6.07) is 0.688. The molecule has 1 rings (SSSR count). The highest BCUT2D eigenvalue weighted by Crippen LogP contribution is 1.98. The van der Waals surface area contributed by atoms with Crippen molar-refractivity contribution >= 4 is 11.6 Å². The summed E-state index contributed by atoms with van der Waals surface area (Å²) in [4.78, 5) is 4.57. The molecule has 0 aromatic rings. The van der Waals surface area contributed by atoms with E-state index in [0.29, 0.717) is 6.00 Å². The number of halogens is 1. The van der Waals surface area contributed by atoms with E-state index >= 15 is 0 Å². The highest BCUT2D eigenvalue weighted by molar-refractivity contribution is 6.17. The summed E-state index contributed by atoms with van der Waals surface area (Å²) >= 11 is 5.64. The van der Waals surface area contributed by atoms with Crippen LogP contribution in [0.25, 0.3) is 0 Å². The molecule has 1 aliphatic rings. The van der Waals surface area contributed by atoms with Crippen LogP contribution in [0.2, 0.25) is 0 Å². The standard InChI is InChI=1S/C6H13ClN2/c1-8-2-4-9(6-7)5-3-8/h2-6H2,1H3. The molecule has 0 N–H and O–H groups in total. The minimum atomic E-state index is 0.688. The summed E-state index contributed by atoms with van der Waals surface area (Å²) in [5.41, 5.74) is 0. The number of hydrogen-bond donors (Lipinski definition) is 0. The van der Waals surface area contributed by atoms with E-state index < -0.39 is 0 Å². The number of alkyl halides is 1. The van der Waals surface area contributed by atoms with Crippen molar-refractivity contribution in [3.63, 3.8) is 0 Å². The Balaban J connectivity index is 2.18. The van der Waals surface area contributed by atoms with Crippen LogP contribution in [0.5, 0.6) is 0 Å². The fraction of sp³-hybridized carbons (Fsp3) is 1.00. The molecule has 1 aliphatic heterocycles. The maximum atomic E-state index is 5.64. The summed E-state index contributed by atoms with van der Waals surface area (Å²) in [5, 5.41) is 0. The highest BCUT2D eigenvalue weighted by Gasteiger charge is 2.11. The van der Waals surface area contributed by atoms with Crippen molar-refractivity contribution in [1.82, 2.24) is 9.80 Å². The first kappa shape index (κ1) is 7.32. The van der Waals surface area contributed by atoms with Crippen molar-refractivity contribution in [2.75, 3.05) is 39.2 Å². The lowest BCUT2D eigenvalue weighted by Crippen LogP contribution is -2.43. The van der Waals surface area contributed by atoms with Crippen LogP contribution in [0, 0.1) is 0 Å². The molecule has 0 saturated carbocycles. The molecular weight excluding hydrogens is 136 g/mol. The Hall–Kier alpha value is 0.210. The van der Waals surface area contributed by atoms with E-state index in [2.05, 4.69) is 16.8 Å². The van der Waals surface area contributed by atoms with Gasteiger partial charge in [0, 0.05) is 26.2 Å². The van der Waals surface area contributed by atoms with Gasteiger partial charge in [-0.2, -0.15) is 0 Å². The van der Waals surface area contributed by atoms with Crippen LogP contribution in [-0.2, 0) is 0 Å². The van der Waals surface area contributed by atoms with E-state index in [0.717, 1.165) is 26.2 Å². The van der Waals surface area contributed by atoms with Crippen molar-refractivity contribution in [2.45, 2.75) is 0 Å². The number of hydrogen-bond acceptors (Lipinski definition) is 2. The van der Waals surface area contributed by atoms with E-state index in [1.807, 2.05) is 0 Å². The second-order valence-corrected chi connectivity index (χ2v) is 2.78. The fourth-order valence-corrected chi connectivity index (χ4v) is 1.21. The molecule has 1 heterocycles. The molecule has 0 spiro atoms. The zero-order valence-corrected chi connectivity index (χ0v) is 6.56. The molecule has 0 aromatic carbocycles. The zero-order chi connectivity index (χ0) is 6.69. The van der Waals surface area contributed by atoms with Gasteiger partial charge in [-0.15, -0.1) is 11.6 Å². The third kappa shape index (κ3) is 2.12. The van der Waals surface area contributed by atoms with Gasteiger partial charge in [-0.25, -0.2) is 0 Å². The van der Waals surface area contributed by atoms with Gasteiger partial charge in [0.25, 0.3) is 0 Å². The molecule has 0 atom stereocenters. The first-order valence-electron chi connectivity index (χ1n) is 3.30. The van der Waals surface area contributed by atoms with Gasteiger partial charge in [0.1, 0.15) is 0 Å². The third-order valence-corrected chi connectivity index (χ3v) is 2.10. The number of nitrogens with zero attached hydrogens (tertiary/aromatic N) is 2. The van der Waals surface area contributed by atoms with Gasteiger partial charge in [0.15, 0.2) is 0 Å². The van der Waals surface area contributed by atoms with Gasteiger partial charge in [-0.1, -0.05) is 0 Å². The first-order valence-corrected chi connectivity index (χ1v) is 3.83.